The lowest BCUT2D eigenvalue weighted by Gasteiger charge is -2.39. The van der Waals surface area contributed by atoms with Crippen LogP contribution in [0.4, 0.5) is 4.79 Å². The Morgan fingerprint density at radius 1 is 1.08 bits per heavy atom. The molecule has 1 fully saturated rings. The predicted octanol–water partition coefficient (Wildman–Crippen LogP) is 3.88. The van der Waals surface area contributed by atoms with Crippen LogP contribution in [0, 0.1) is 11.8 Å². The van der Waals surface area contributed by atoms with Crippen molar-refractivity contribution >= 4 is 12.1 Å². The molecule has 0 bridgehead atoms. The quantitative estimate of drug-likeness (QED) is 0.828. The van der Waals surface area contributed by atoms with Crippen molar-refractivity contribution in [2.75, 3.05) is 0 Å². The fourth-order valence-corrected chi connectivity index (χ4v) is 3.73. The van der Waals surface area contributed by atoms with Gasteiger partial charge in [0.05, 0.1) is 0 Å². The Hall–Kier alpha value is -2.04. The zero-order valence-electron chi connectivity index (χ0n) is 14.4. The van der Waals surface area contributed by atoms with Crippen molar-refractivity contribution < 1.29 is 19.8 Å². The van der Waals surface area contributed by atoms with Gasteiger partial charge in [-0.2, -0.15) is 0 Å². The van der Waals surface area contributed by atoms with Gasteiger partial charge in [0.25, 0.3) is 0 Å². The van der Waals surface area contributed by atoms with E-state index in [4.69, 9.17) is 0 Å². The van der Waals surface area contributed by atoms with Crippen molar-refractivity contribution in [2.24, 2.45) is 11.8 Å². The largest absolute Gasteiger partial charge is 0.480 e. The van der Waals surface area contributed by atoms with Crippen LogP contribution in [0.3, 0.4) is 0 Å². The molecule has 0 saturated heterocycles. The van der Waals surface area contributed by atoms with Gasteiger partial charge in [0.2, 0.25) is 0 Å². The highest BCUT2D eigenvalue weighted by Crippen LogP contribution is 2.33. The average molecular weight is 333 g/mol. The number of carboxylic acids is 1. The van der Waals surface area contributed by atoms with Gasteiger partial charge >= 0.3 is 12.1 Å². The summed E-state index contributed by atoms with van der Waals surface area (Å²) in [6, 6.07) is 7.98. The molecule has 1 atom stereocenters. The van der Waals surface area contributed by atoms with Crippen LogP contribution >= 0.6 is 0 Å². The standard InChI is InChI=1S/C19H27NO4/c1-13(2)15-8-10-16(11-9-15)20(19(23)24)17(18(21)22)12-14-6-4-3-5-7-14/h3-7,13,15-17H,8-12H2,1-2H3,(H,21,22)(H,23,24)/t15-,16-,17-/m1/s1. The van der Waals surface area contributed by atoms with Crippen molar-refractivity contribution in [1.29, 1.82) is 0 Å². The second kappa shape index (κ2) is 8.18. The lowest BCUT2D eigenvalue weighted by molar-refractivity contribution is -0.143. The van der Waals surface area contributed by atoms with Gasteiger partial charge in [0.1, 0.15) is 6.04 Å². The average Bonchev–Trinajstić information content (AvgIpc) is 2.55. The summed E-state index contributed by atoms with van der Waals surface area (Å²) in [5.74, 6) is 0.116. The maximum atomic E-state index is 11.8. The Labute approximate surface area is 143 Å². The Morgan fingerprint density at radius 3 is 2.12 bits per heavy atom. The number of carboxylic acid groups (broad SMARTS) is 2. The molecular weight excluding hydrogens is 306 g/mol. The molecule has 1 saturated carbocycles. The second-order valence-corrected chi connectivity index (χ2v) is 7.05. The van der Waals surface area contributed by atoms with Crippen molar-refractivity contribution in [2.45, 2.75) is 58.0 Å². The number of nitrogens with zero attached hydrogens (tertiary/aromatic N) is 1. The summed E-state index contributed by atoms with van der Waals surface area (Å²) in [5.41, 5.74) is 0.840. The van der Waals surface area contributed by atoms with Crippen LogP contribution in [-0.4, -0.2) is 39.3 Å². The molecule has 1 aliphatic rings. The molecule has 132 valence electrons. The van der Waals surface area contributed by atoms with Gasteiger partial charge in [-0.3, -0.25) is 4.90 Å². The van der Waals surface area contributed by atoms with E-state index in [1.165, 1.54) is 4.90 Å². The van der Waals surface area contributed by atoms with Gasteiger partial charge in [-0.25, -0.2) is 9.59 Å². The predicted molar refractivity (Wildman–Crippen MR) is 92.0 cm³/mol. The van der Waals surface area contributed by atoms with E-state index >= 15 is 0 Å². The van der Waals surface area contributed by atoms with Crippen LogP contribution in [0.15, 0.2) is 30.3 Å². The summed E-state index contributed by atoms with van der Waals surface area (Å²) < 4.78 is 0. The molecule has 5 nitrogen and oxygen atoms in total. The summed E-state index contributed by atoms with van der Waals surface area (Å²) >= 11 is 0. The highest BCUT2D eigenvalue weighted by Gasteiger charge is 2.37. The third kappa shape index (κ3) is 4.49. The molecule has 1 aliphatic carbocycles. The third-order valence-electron chi connectivity index (χ3n) is 5.19. The van der Waals surface area contributed by atoms with E-state index < -0.39 is 18.1 Å². The number of benzene rings is 1. The van der Waals surface area contributed by atoms with Crippen molar-refractivity contribution in [3.63, 3.8) is 0 Å². The van der Waals surface area contributed by atoms with Crippen molar-refractivity contribution in [3.05, 3.63) is 35.9 Å². The molecule has 0 radical (unpaired) electrons. The lowest BCUT2D eigenvalue weighted by atomic mass is 9.79. The molecule has 1 amide bonds. The summed E-state index contributed by atoms with van der Waals surface area (Å²) in [5, 5.41) is 19.3. The number of hydrogen-bond donors (Lipinski definition) is 2. The number of amides is 1. The molecule has 24 heavy (non-hydrogen) atoms. The summed E-state index contributed by atoms with van der Waals surface area (Å²) in [7, 11) is 0. The number of hydrogen-bond acceptors (Lipinski definition) is 2. The molecule has 0 heterocycles. The van der Waals surface area contributed by atoms with Crippen LogP contribution in [0.1, 0.15) is 45.1 Å². The molecule has 1 aromatic rings. The van der Waals surface area contributed by atoms with E-state index in [1.807, 2.05) is 30.3 Å². The second-order valence-electron chi connectivity index (χ2n) is 7.05. The normalized spacial score (nSPS) is 22.1. The van der Waals surface area contributed by atoms with Crippen LogP contribution in [0.25, 0.3) is 0 Å². The first-order valence-electron chi connectivity index (χ1n) is 8.68. The van der Waals surface area contributed by atoms with E-state index in [0.717, 1.165) is 31.2 Å². The minimum Gasteiger partial charge on any atom is -0.480 e. The number of aliphatic carboxylic acids is 1. The molecule has 1 aromatic carbocycles. The van der Waals surface area contributed by atoms with Crippen molar-refractivity contribution in [1.82, 2.24) is 4.90 Å². The van der Waals surface area contributed by atoms with Crippen LogP contribution in [-0.2, 0) is 11.2 Å². The lowest BCUT2D eigenvalue weighted by Crippen LogP contribution is -2.52. The fourth-order valence-electron chi connectivity index (χ4n) is 3.73. The van der Waals surface area contributed by atoms with Gasteiger partial charge < -0.3 is 10.2 Å². The first-order valence-corrected chi connectivity index (χ1v) is 8.68. The van der Waals surface area contributed by atoms with E-state index in [9.17, 15) is 19.8 Å². The highest BCUT2D eigenvalue weighted by molar-refractivity contribution is 5.80. The summed E-state index contributed by atoms with van der Waals surface area (Å²) in [6.07, 6.45) is 2.48. The fraction of sp³-hybridized carbons (Fsp3) is 0.579. The minimum atomic E-state index is -1.13. The number of rotatable bonds is 6. The van der Waals surface area contributed by atoms with E-state index in [0.29, 0.717) is 11.8 Å². The van der Waals surface area contributed by atoms with Gasteiger partial charge in [-0.15, -0.1) is 0 Å². The molecule has 0 aromatic heterocycles. The Balaban J connectivity index is 2.14. The monoisotopic (exact) mass is 333 g/mol. The Morgan fingerprint density at radius 2 is 1.67 bits per heavy atom. The Bertz CT molecular complexity index is 550. The first-order chi connectivity index (χ1) is 11.4. The first kappa shape index (κ1) is 18.3. The van der Waals surface area contributed by atoms with Gasteiger partial charge in [-0.1, -0.05) is 44.2 Å². The molecular formula is C19H27NO4. The maximum Gasteiger partial charge on any atom is 0.408 e. The summed E-state index contributed by atoms with van der Waals surface area (Å²) in [6.45, 7) is 4.38. The van der Waals surface area contributed by atoms with Crippen LogP contribution < -0.4 is 0 Å². The minimum absolute atomic E-state index is 0.201. The van der Waals surface area contributed by atoms with Gasteiger partial charge in [0.15, 0.2) is 0 Å². The molecule has 2 N–H and O–H groups in total. The molecule has 0 spiro atoms. The highest BCUT2D eigenvalue weighted by atomic mass is 16.4. The zero-order chi connectivity index (χ0) is 17.7. The smallest absolute Gasteiger partial charge is 0.408 e. The summed E-state index contributed by atoms with van der Waals surface area (Å²) in [4.78, 5) is 24.8. The Kier molecular flexibility index (Phi) is 6.23. The van der Waals surface area contributed by atoms with Gasteiger partial charge in [0, 0.05) is 12.5 Å². The molecule has 0 aliphatic heterocycles. The van der Waals surface area contributed by atoms with Gasteiger partial charge in [-0.05, 0) is 43.1 Å². The SMILES string of the molecule is CC(C)[C@H]1CC[C@H](N(C(=O)O)[C@H](Cc2ccccc2)C(=O)O)CC1. The van der Waals surface area contributed by atoms with E-state index in [1.54, 1.807) is 0 Å². The topological polar surface area (TPSA) is 77.8 Å². The van der Waals surface area contributed by atoms with Crippen LogP contribution in [0.5, 0.6) is 0 Å². The molecule has 2 rings (SSSR count). The maximum absolute atomic E-state index is 11.8. The zero-order valence-corrected chi connectivity index (χ0v) is 14.4. The van der Waals surface area contributed by atoms with Crippen molar-refractivity contribution in [3.8, 4) is 0 Å². The van der Waals surface area contributed by atoms with E-state index in [2.05, 4.69) is 13.8 Å². The number of carbonyl (C=O) groups is 2. The molecule has 0 unspecified atom stereocenters. The molecule has 5 heteroatoms. The third-order valence-corrected chi connectivity index (χ3v) is 5.19. The van der Waals surface area contributed by atoms with E-state index in [-0.39, 0.29) is 12.5 Å². The van der Waals surface area contributed by atoms with Crippen LogP contribution in [0.2, 0.25) is 0 Å².